The molecular weight excluding hydrogens is 190 g/mol. The Balaban J connectivity index is 3.02. The molecule has 4 nitrogen and oxygen atoms in total. The molecule has 0 N–H and O–H groups in total. The van der Waals surface area contributed by atoms with E-state index in [2.05, 4.69) is 0 Å². The molecule has 0 atom stereocenters. The highest BCUT2D eigenvalue weighted by Crippen LogP contribution is 2.09. The Kier molecular flexibility index (Phi) is 2.77. The summed E-state index contributed by atoms with van der Waals surface area (Å²) in [6.07, 6.45) is 0. The van der Waals surface area contributed by atoms with E-state index < -0.39 is 15.7 Å². The van der Waals surface area contributed by atoms with Gasteiger partial charge in [-0.15, -0.1) is 0 Å². The molecule has 0 fully saturated rings. The molecule has 0 amide bonds. The van der Waals surface area contributed by atoms with Crippen LogP contribution in [0.15, 0.2) is 35.2 Å². The molecule has 1 aromatic rings. The lowest BCUT2D eigenvalue weighted by molar-refractivity contribution is -0.498. The molecule has 0 spiro atoms. The zero-order valence-corrected chi connectivity index (χ0v) is 7.99. The minimum atomic E-state index is -3.45. The van der Waals surface area contributed by atoms with E-state index in [0.717, 1.165) is 0 Å². The van der Waals surface area contributed by atoms with Crippen molar-refractivity contribution >= 4 is 9.84 Å². The number of rotatable bonds is 3. The Labute approximate surface area is 76.7 Å². The SMILES string of the molecule is C[N+](=O)CS(=O)(=O)c1ccccc1. The summed E-state index contributed by atoms with van der Waals surface area (Å²) in [4.78, 5) is 10.7. The first-order valence-corrected chi connectivity index (χ1v) is 5.34. The van der Waals surface area contributed by atoms with Crippen LogP contribution in [0.1, 0.15) is 0 Å². The number of hydrogen-bond acceptors (Lipinski definition) is 3. The molecule has 5 heteroatoms. The van der Waals surface area contributed by atoms with Gasteiger partial charge < -0.3 is 0 Å². The van der Waals surface area contributed by atoms with Gasteiger partial charge in [-0.05, 0) is 12.1 Å². The zero-order chi connectivity index (χ0) is 9.90. The van der Waals surface area contributed by atoms with E-state index in [9.17, 15) is 13.3 Å². The predicted molar refractivity (Wildman–Crippen MR) is 48.0 cm³/mol. The summed E-state index contributed by atoms with van der Waals surface area (Å²) in [7, 11) is -2.27. The third kappa shape index (κ3) is 2.62. The molecule has 0 aliphatic carbocycles. The Morgan fingerprint density at radius 1 is 1.23 bits per heavy atom. The first kappa shape index (κ1) is 9.85. The van der Waals surface area contributed by atoms with E-state index in [4.69, 9.17) is 0 Å². The van der Waals surface area contributed by atoms with E-state index >= 15 is 0 Å². The highest BCUT2D eigenvalue weighted by atomic mass is 32.2. The summed E-state index contributed by atoms with van der Waals surface area (Å²) in [5.74, 6) is -0.503. The summed E-state index contributed by atoms with van der Waals surface area (Å²) < 4.78 is 23.2. The Morgan fingerprint density at radius 2 is 1.77 bits per heavy atom. The number of hydrogen-bond donors (Lipinski definition) is 0. The molecule has 1 rings (SSSR count). The molecule has 0 saturated carbocycles. The lowest BCUT2D eigenvalue weighted by Crippen LogP contribution is -2.15. The molecule has 70 valence electrons. The van der Waals surface area contributed by atoms with Gasteiger partial charge in [0.15, 0.2) is 7.05 Å². The smallest absolute Gasteiger partial charge is 0.217 e. The van der Waals surface area contributed by atoms with Gasteiger partial charge in [-0.2, -0.15) is 0 Å². The van der Waals surface area contributed by atoms with E-state index in [1.807, 2.05) is 0 Å². The Hall–Kier alpha value is -1.23. The maximum atomic E-state index is 11.4. The average molecular weight is 200 g/mol. The summed E-state index contributed by atoms with van der Waals surface area (Å²) in [6.45, 7) is 0. The second kappa shape index (κ2) is 3.66. The van der Waals surface area contributed by atoms with E-state index in [1.165, 1.54) is 19.2 Å². The summed E-state index contributed by atoms with van der Waals surface area (Å²) in [5, 5.41) is 0. The van der Waals surface area contributed by atoms with Crippen molar-refractivity contribution in [1.82, 2.24) is 0 Å². The maximum absolute atomic E-state index is 11.4. The lowest BCUT2D eigenvalue weighted by Gasteiger charge is -1.96. The molecule has 0 bridgehead atoms. The number of sulfone groups is 1. The minimum Gasteiger partial charge on any atom is -0.217 e. The van der Waals surface area contributed by atoms with Crippen LogP contribution in [0.4, 0.5) is 0 Å². The molecule has 1 aromatic carbocycles. The monoisotopic (exact) mass is 200 g/mol. The van der Waals surface area contributed by atoms with E-state index in [1.54, 1.807) is 18.2 Å². The molecule has 0 saturated heterocycles. The van der Waals surface area contributed by atoms with Gasteiger partial charge in [0, 0.05) is 9.67 Å². The van der Waals surface area contributed by atoms with Gasteiger partial charge in [0.25, 0.3) is 5.88 Å². The van der Waals surface area contributed by atoms with Crippen LogP contribution in [-0.4, -0.2) is 26.1 Å². The predicted octanol–water partition coefficient (Wildman–Crippen LogP) is 0.827. The summed E-state index contributed by atoms with van der Waals surface area (Å²) >= 11 is 0. The Morgan fingerprint density at radius 3 is 2.23 bits per heavy atom. The van der Waals surface area contributed by atoms with Crippen molar-refractivity contribution in [3.63, 3.8) is 0 Å². The van der Waals surface area contributed by atoms with Crippen molar-refractivity contribution in [3.8, 4) is 0 Å². The van der Waals surface area contributed by atoms with Crippen LogP contribution in [0.3, 0.4) is 0 Å². The largest absolute Gasteiger partial charge is 0.293 e. The van der Waals surface area contributed by atoms with Crippen LogP contribution >= 0.6 is 0 Å². The van der Waals surface area contributed by atoms with Crippen LogP contribution in [0.25, 0.3) is 0 Å². The van der Waals surface area contributed by atoms with Gasteiger partial charge >= 0.3 is 0 Å². The molecule has 0 aliphatic rings. The zero-order valence-electron chi connectivity index (χ0n) is 7.17. The van der Waals surface area contributed by atoms with Crippen molar-refractivity contribution in [2.24, 2.45) is 0 Å². The number of nitroso groups, excluding NO2 is 1. The molecule has 0 heterocycles. The average Bonchev–Trinajstić information content (AvgIpc) is 2.04. The van der Waals surface area contributed by atoms with Crippen molar-refractivity contribution in [2.75, 3.05) is 12.9 Å². The quantitative estimate of drug-likeness (QED) is 0.679. The molecular formula is C8H10NO3S+. The number of benzene rings is 1. The fraction of sp³-hybridized carbons (Fsp3) is 0.250. The van der Waals surface area contributed by atoms with Gasteiger partial charge in [0.1, 0.15) is 0 Å². The topological polar surface area (TPSA) is 54.2 Å². The van der Waals surface area contributed by atoms with Gasteiger partial charge in [0.2, 0.25) is 9.84 Å². The van der Waals surface area contributed by atoms with Crippen molar-refractivity contribution in [3.05, 3.63) is 35.2 Å². The minimum absolute atomic E-state index is 0.178. The maximum Gasteiger partial charge on any atom is 0.293 e. The van der Waals surface area contributed by atoms with Crippen molar-refractivity contribution < 1.29 is 13.2 Å². The fourth-order valence-corrected chi connectivity index (χ4v) is 2.14. The van der Waals surface area contributed by atoms with Crippen LogP contribution in [-0.2, 0) is 9.84 Å². The molecule has 13 heavy (non-hydrogen) atoms. The Bertz CT molecular complexity index is 397. The third-order valence-electron chi connectivity index (χ3n) is 1.45. The third-order valence-corrected chi connectivity index (χ3v) is 3.15. The van der Waals surface area contributed by atoms with Crippen molar-refractivity contribution in [2.45, 2.75) is 4.90 Å². The van der Waals surface area contributed by atoms with Crippen LogP contribution in [0, 0.1) is 4.91 Å². The first-order chi connectivity index (χ1) is 6.02. The van der Waals surface area contributed by atoms with Gasteiger partial charge in [-0.1, -0.05) is 18.2 Å². The van der Waals surface area contributed by atoms with E-state index in [0.29, 0.717) is 4.76 Å². The van der Waals surface area contributed by atoms with Gasteiger partial charge in [-0.25, -0.2) is 8.42 Å². The molecule has 0 aromatic heterocycles. The molecule has 0 unspecified atom stereocenters. The molecule has 0 aliphatic heterocycles. The summed E-state index contributed by atoms with van der Waals surface area (Å²) in [5.41, 5.74) is 0. The van der Waals surface area contributed by atoms with Gasteiger partial charge in [-0.3, -0.25) is 0 Å². The van der Waals surface area contributed by atoms with Crippen LogP contribution < -0.4 is 0 Å². The summed E-state index contributed by atoms with van der Waals surface area (Å²) in [6, 6.07) is 7.91. The standard InChI is InChI=1S/C8H10NO3S/c1-9(10)7-13(11,12)8-5-3-2-4-6-8/h2-6H,7H2,1H3/q+1. The van der Waals surface area contributed by atoms with E-state index in [-0.39, 0.29) is 4.90 Å². The highest BCUT2D eigenvalue weighted by Gasteiger charge is 2.20. The van der Waals surface area contributed by atoms with Crippen LogP contribution in [0.5, 0.6) is 0 Å². The second-order valence-electron chi connectivity index (χ2n) is 2.68. The lowest BCUT2D eigenvalue weighted by atomic mass is 10.4. The molecule has 0 radical (unpaired) electrons. The number of nitrogens with zero attached hydrogens (tertiary/aromatic N) is 1. The fourth-order valence-electron chi connectivity index (χ4n) is 0.942. The first-order valence-electron chi connectivity index (χ1n) is 3.68. The van der Waals surface area contributed by atoms with Crippen molar-refractivity contribution in [1.29, 1.82) is 0 Å². The second-order valence-corrected chi connectivity index (χ2v) is 4.64. The van der Waals surface area contributed by atoms with Crippen LogP contribution in [0.2, 0.25) is 0 Å². The normalized spacial score (nSPS) is 11.2. The van der Waals surface area contributed by atoms with Gasteiger partial charge in [0.05, 0.1) is 4.90 Å². The highest BCUT2D eigenvalue weighted by molar-refractivity contribution is 7.91.